The number of halogens is 1. The van der Waals surface area contributed by atoms with E-state index < -0.39 is 0 Å². The number of anilines is 1. The molecule has 0 spiro atoms. The predicted octanol–water partition coefficient (Wildman–Crippen LogP) is 3.09. The molecule has 3 nitrogen and oxygen atoms in total. The van der Waals surface area contributed by atoms with Crippen molar-refractivity contribution in [2.75, 3.05) is 25.0 Å². The molecule has 0 amide bonds. The van der Waals surface area contributed by atoms with Crippen LogP contribution in [0.5, 0.6) is 0 Å². The van der Waals surface area contributed by atoms with Crippen LogP contribution in [-0.4, -0.2) is 31.3 Å². The molecule has 4 heteroatoms. The second kappa shape index (κ2) is 7.23. The van der Waals surface area contributed by atoms with E-state index in [2.05, 4.69) is 19.2 Å². The zero-order valence-electron chi connectivity index (χ0n) is 13.3. The Bertz CT molecular complexity index is 460. The maximum atomic E-state index is 14.3. The van der Waals surface area contributed by atoms with Gasteiger partial charge < -0.3 is 15.3 Å². The van der Waals surface area contributed by atoms with Crippen LogP contribution >= 0.6 is 0 Å². The Morgan fingerprint density at radius 3 is 2.71 bits per heavy atom. The molecule has 118 valence electrons. The molecule has 0 aliphatic heterocycles. The van der Waals surface area contributed by atoms with E-state index in [4.69, 9.17) is 0 Å². The maximum absolute atomic E-state index is 14.3. The molecule has 1 saturated carbocycles. The van der Waals surface area contributed by atoms with Crippen LogP contribution in [-0.2, 0) is 0 Å². The third kappa shape index (κ3) is 4.17. The summed E-state index contributed by atoms with van der Waals surface area (Å²) in [6.45, 7) is 5.92. The van der Waals surface area contributed by atoms with Crippen LogP contribution in [0.4, 0.5) is 10.1 Å². The van der Waals surface area contributed by atoms with E-state index >= 15 is 0 Å². The summed E-state index contributed by atoms with van der Waals surface area (Å²) in [7, 11) is 1.92. The summed E-state index contributed by atoms with van der Waals surface area (Å²) in [6.07, 6.45) is 2.59. The third-order valence-electron chi connectivity index (χ3n) is 4.33. The number of rotatable bonds is 7. The number of hydrogen-bond acceptors (Lipinski definition) is 3. The van der Waals surface area contributed by atoms with E-state index in [0.717, 1.165) is 37.9 Å². The van der Waals surface area contributed by atoms with Gasteiger partial charge in [0.1, 0.15) is 5.82 Å². The van der Waals surface area contributed by atoms with Gasteiger partial charge in [-0.05, 0) is 56.3 Å². The molecule has 0 heterocycles. The van der Waals surface area contributed by atoms with Crippen LogP contribution in [0.2, 0.25) is 0 Å². The molecule has 1 aliphatic carbocycles. The average Bonchev–Trinajstić information content (AvgIpc) is 2.42. The van der Waals surface area contributed by atoms with Crippen molar-refractivity contribution in [3.05, 3.63) is 29.6 Å². The lowest BCUT2D eigenvalue weighted by Gasteiger charge is -2.35. The van der Waals surface area contributed by atoms with Crippen molar-refractivity contribution < 1.29 is 9.50 Å². The van der Waals surface area contributed by atoms with Crippen molar-refractivity contribution >= 4 is 5.69 Å². The van der Waals surface area contributed by atoms with Gasteiger partial charge in [0.25, 0.3) is 0 Å². The summed E-state index contributed by atoms with van der Waals surface area (Å²) >= 11 is 0. The quantitative estimate of drug-likeness (QED) is 0.811. The van der Waals surface area contributed by atoms with Crippen LogP contribution in [0.1, 0.15) is 44.7 Å². The highest BCUT2D eigenvalue weighted by Gasteiger charge is 2.28. The number of nitrogens with zero attached hydrogens (tertiary/aromatic N) is 1. The first-order chi connectivity index (χ1) is 10.0. The maximum Gasteiger partial charge on any atom is 0.146 e. The molecule has 1 unspecified atom stereocenters. The molecule has 0 bridgehead atoms. The first-order valence-electron chi connectivity index (χ1n) is 7.93. The van der Waals surface area contributed by atoms with Gasteiger partial charge in [-0.1, -0.05) is 13.0 Å². The molecule has 1 aliphatic rings. The van der Waals surface area contributed by atoms with E-state index in [1.54, 1.807) is 6.07 Å². The average molecular weight is 294 g/mol. The first kappa shape index (κ1) is 16.2. The number of aliphatic hydroxyl groups is 1. The molecule has 1 aromatic rings. The molecule has 2 rings (SSSR count). The van der Waals surface area contributed by atoms with Gasteiger partial charge in [0, 0.05) is 19.6 Å². The summed E-state index contributed by atoms with van der Waals surface area (Å²) in [5.41, 5.74) is 1.62. The Kier molecular flexibility index (Phi) is 5.59. The van der Waals surface area contributed by atoms with E-state index in [1.165, 1.54) is 0 Å². The van der Waals surface area contributed by atoms with Crippen molar-refractivity contribution in [3.8, 4) is 0 Å². The molecule has 2 N–H and O–H groups in total. The lowest BCUT2D eigenvalue weighted by atomic mass is 9.82. The summed E-state index contributed by atoms with van der Waals surface area (Å²) < 4.78 is 14.3. The van der Waals surface area contributed by atoms with Gasteiger partial charge >= 0.3 is 0 Å². The van der Waals surface area contributed by atoms with Gasteiger partial charge in [0.2, 0.25) is 0 Å². The minimum atomic E-state index is -0.167. The highest BCUT2D eigenvalue weighted by atomic mass is 19.1. The molecule has 21 heavy (non-hydrogen) atoms. The summed E-state index contributed by atoms with van der Waals surface area (Å²) in [5.74, 6) is 0.314. The number of hydrogen-bond donors (Lipinski definition) is 2. The number of benzene rings is 1. The third-order valence-corrected chi connectivity index (χ3v) is 4.33. The fourth-order valence-electron chi connectivity index (χ4n) is 2.92. The van der Waals surface area contributed by atoms with Crippen LogP contribution in [0.3, 0.4) is 0 Å². The number of aliphatic hydroxyl groups excluding tert-OH is 1. The van der Waals surface area contributed by atoms with Crippen molar-refractivity contribution in [1.82, 2.24) is 5.32 Å². The monoisotopic (exact) mass is 294 g/mol. The highest BCUT2D eigenvalue weighted by Crippen LogP contribution is 2.30. The fraction of sp³-hybridized carbons (Fsp3) is 0.647. The Hall–Kier alpha value is -1.13. The van der Waals surface area contributed by atoms with Gasteiger partial charge in [-0.15, -0.1) is 0 Å². The van der Waals surface area contributed by atoms with E-state index in [9.17, 15) is 9.50 Å². The normalized spacial score (nSPS) is 22.7. The van der Waals surface area contributed by atoms with Gasteiger partial charge in [0.15, 0.2) is 0 Å². The van der Waals surface area contributed by atoms with Crippen molar-refractivity contribution in [1.29, 1.82) is 0 Å². The number of nitrogens with one attached hydrogen (secondary N) is 1. The topological polar surface area (TPSA) is 35.5 Å². The smallest absolute Gasteiger partial charge is 0.146 e. The second-order valence-electron chi connectivity index (χ2n) is 6.26. The SMILES string of the molecule is CCCNC(C)c1ccc(N(C)CC2CC(O)C2)c(F)c1. The summed E-state index contributed by atoms with van der Waals surface area (Å²) in [6, 6.07) is 5.66. The van der Waals surface area contributed by atoms with E-state index in [1.807, 2.05) is 24.1 Å². The largest absolute Gasteiger partial charge is 0.393 e. The van der Waals surface area contributed by atoms with Crippen molar-refractivity contribution in [3.63, 3.8) is 0 Å². The molecule has 1 fully saturated rings. The Balaban J connectivity index is 1.97. The van der Waals surface area contributed by atoms with Gasteiger partial charge in [0.05, 0.1) is 11.8 Å². The Labute approximate surface area is 127 Å². The van der Waals surface area contributed by atoms with Crippen molar-refractivity contribution in [2.45, 2.75) is 45.3 Å². The van der Waals surface area contributed by atoms with E-state index in [0.29, 0.717) is 11.6 Å². The van der Waals surface area contributed by atoms with Crippen LogP contribution in [0.15, 0.2) is 18.2 Å². The fourth-order valence-corrected chi connectivity index (χ4v) is 2.92. The van der Waals surface area contributed by atoms with E-state index in [-0.39, 0.29) is 18.0 Å². The summed E-state index contributed by atoms with van der Waals surface area (Å²) in [4.78, 5) is 1.96. The molecular formula is C17H27FN2O. The lowest BCUT2D eigenvalue weighted by molar-refractivity contribution is 0.0464. The Morgan fingerprint density at radius 1 is 1.43 bits per heavy atom. The van der Waals surface area contributed by atoms with Gasteiger partial charge in [-0.3, -0.25) is 0 Å². The van der Waals surface area contributed by atoms with Crippen LogP contribution < -0.4 is 10.2 Å². The summed E-state index contributed by atoms with van der Waals surface area (Å²) in [5, 5.41) is 12.7. The lowest BCUT2D eigenvalue weighted by Crippen LogP contribution is -2.37. The minimum absolute atomic E-state index is 0.152. The Morgan fingerprint density at radius 2 is 2.14 bits per heavy atom. The highest BCUT2D eigenvalue weighted by molar-refractivity contribution is 5.49. The first-order valence-corrected chi connectivity index (χ1v) is 7.93. The molecular weight excluding hydrogens is 267 g/mol. The minimum Gasteiger partial charge on any atom is -0.393 e. The molecule has 1 aromatic carbocycles. The zero-order valence-corrected chi connectivity index (χ0v) is 13.3. The van der Waals surface area contributed by atoms with Crippen LogP contribution in [0.25, 0.3) is 0 Å². The molecule has 1 atom stereocenters. The van der Waals surface area contributed by atoms with Gasteiger partial charge in [-0.25, -0.2) is 4.39 Å². The van der Waals surface area contributed by atoms with Gasteiger partial charge in [-0.2, -0.15) is 0 Å². The standard InChI is InChI=1S/C17H27FN2O/c1-4-7-19-12(2)14-5-6-17(16(18)10-14)20(3)11-13-8-15(21)9-13/h5-6,10,12-13,15,19,21H,4,7-9,11H2,1-3H3. The molecule has 0 radical (unpaired) electrons. The second-order valence-corrected chi connectivity index (χ2v) is 6.26. The predicted molar refractivity (Wildman–Crippen MR) is 85.1 cm³/mol. The van der Waals surface area contributed by atoms with Crippen molar-refractivity contribution in [2.24, 2.45) is 5.92 Å². The van der Waals surface area contributed by atoms with Crippen LogP contribution in [0, 0.1) is 11.7 Å². The molecule has 0 saturated heterocycles. The zero-order chi connectivity index (χ0) is 15.4. The molecule has 0 aromatic heterocycles.